The molecular formula is C21H26N4O6. The Kier molecular flexibility index (Phi) is 6.56. The number of carbonyl (C=O) groups excluding carboxylic acids is 1. The highest BCUT2D eigenvalue weighted by Crippen LogP contribution is 2.35. The van der Waals surface area contributed by atoms with Crippen molar-refractivity contribution < 1.29 is 28.5 Å². The fourth-order valence-corrected chi connectivity index (χ4v) is 3.24. The Morgan fingerprint density at radius 2 is 2.00 bits per heavy atom. The molecule has 0 radical (unpaired) electrons. The second-order valence-corrected chi connectivity index (χ2v) is 7.13. The highest BCUT2D eigenvalue weighted by Gasteiger charge is 2.18. The molecule has 0 spiro atoms. The molecule has 1 fully saturated rings. The molecule has 0 bridgehead atoms. The van der Waals surface area contributed by atoms with Crippen LogP contribution in [-0.4, -0.2) is 68.2 Å². The van der Waals surface area contributed by atoms with Crippen molar-refractivity contribution in [3.8, 4) is 23.1 Å². The van der Waals surface area contributed by atoms with Crippen molar-refractivity contribution in [1.82, 2.24) is 15.3 Å². The van der Waals surface area contributed by atoms with Gasteiger partial charge in [0.05, 0.1) is 19.8 Å². The number of anilines is 1. The zero-order chi connectivity index (χ0) is 21.6. The Morgan fingerprint density at radius 3 is 2.84 bits per heavy atom. The fourth-order valence-electron chi connectivity index (χ4n) is 3.24. The minimum atomic E-state index is -0.672. The third-order valence-electron chi connectivity index (χ3n) is 4.81. The number of nitrogens with one attached hydrogen (secondary N) is 1. The van der Waals surface area contributed by atoms with Crippen LogP contribution in [0.3, 0.4) is 0 Å². The van der Waals surface area contributed by atoms with E-state index in [4.69, 9.17) is 23.7 Å². The van der Waals surface area contributed by atoms with Gasteiger partial charge in [-0.05, 0) is 26.0 Å². The number of ether oxygens (including phenoxy) is 5. The maximum absolute atomic E-state index is 12.3. The Hall–Kier alpha value is -3.27. The summed E-state index contributed by atoms with van der Waals surface area (Å²) in [7, 11) is 0. The minimum Gasteiger partial charge on any atom is -0.481 e. The number of fused-ring (bicyclic) bond motifs is 1. The summed E-state index contributed by atoms with van der Waals surface area (Å²) in [5.41, 5.74) is 0. The first-order chi connectivity index (χ1) is 15.1. The number of nitrogens with zero attached hydrogens (tertiary/aromatic N) is 3. The van der Waals surface area contributed by atoms with Gasteiger partial charge in [0.1, 0.15) is 24.0 Å². The SMILES string of the molecule is Cc1nc(OCCNC(=O)C(C)Oc2ccc3c(c2)OCO3)cc(N2CCOCC2)n1. The topological polar surface area (TPSA) is 104 Å². The van der Waals surface area contributed by atoms with Gasteiger partial charge in [0.25, 0.3) is 5.91 Å². The molecule has 0 saturated carbocycles. The van der Waals surface area contributed by atoms with Gasteiger partial charge in [-0.3, -0.25) is 4.79 Å². The van der Waals surface area contributed by atoms with Crippen LogP contribution in [0.5, 0.6) is 23.1 Å². The molecule has 1 aromatic carbocycles. The van der Waals surface area contributed by atoms with E-state index >= 15 is 0 Å². The normalized spacial score (nSPS) is 16.0. The Labute approximate surface area is 180 Å². The summed E-state index contributed by atoms with van der Waals surface area (Å²) < 4.78 is 27.4. The number of carbonyl (C=O) groups is 1. The molecule has 1 saturated heterocycles. The van der Waals surface area contributed by atoms with Gasteiger partial charge in [0.2, 0.25) is 12.7 Å². The van der Waals surface area contributed by atoms with Crippen molar-refractivity contribution in [3.05, 3.63) is 30.1 Å². The molecule has 1 amide bonds. The zero-order valence-electron chi connectivity index (χ0n) is 17.6. The van der Waals surface area contributed by atoms with Crippen molar-refractivity contribution in [2.45, 2.75) is 20.0 Å². The highest BCUT2D eigenvalue weighted by atomic mass is 16.7. The maximum Gasteiger partial charge on any atom is 0.260 e. The number of amides is 1. The second kappa shape index (κ2) is 9.69. The van der Waals surface area contributed by atoms with E-state index in [1.165, 1.54) is 0 Å². The average Bonchev–Trinajstić information content (AvgIpc) is 3.24. The number of hydrogen-bond donors (Lipinski definition) is 1. The average molecular weight is 430 g/mol. The largest absolute Gasteiger partial charge is 0.481 e. The van der Waals surface area contributed by atoms with E-state index in [1.54, 1.807) is 25.1 Å². The lowest BCUT2D eigenvalue weighted by atomic mass is 10.3. The van der Waals surface area contributed by atoms with Crippen molar-refractivity contribution in [2.75, 3.05) is 51.1 Å². The lowest BCUT2D eigenvalue weighted by molar-refractivity contribution is -0.127. The van der Waals surface area contributed by atoms with E-state index in [9.17, 15) is 4.79 Å². The fraction of sp³-hybridized carbons (Fsp3) is 0.476. The standard InChI is InChI=1S/C21H26N4O6/c1-14(31-16-3-4-17-18(11-16)30-13-29-17)21(26)22-5-8-28-20-12-19(23-15(2)24-20)25-6-9-27-10-7-25/h3-4,11-12,14H,5-10,13H2,1-2H3,(H,22,26). The van der Waals surface area contributed by atoms with Crippen LogP contribution in [-0.2, 0) is 9.53 Å². The number of benzene rings is 1. The summed E-state index contributed by atoms with van der Waals surface area (Å²) in [4.78, 5) is 23.2. The Morgan fingerprint density at radius 1 is 1.19 bits per heavy atom. The van der Waals surface area contributed by atoms with Crippen LogP contribution in [0.15, 0.2) is 24.3 Å². The number of aryl methyl sites for hydroxylation is 1. The number of morpholine rings is 1. The Balaban J connectivity index is 1.23. The molecule has 31 heavy (non-hydrogen) atoms. The molecule has 2 aliphatic rings. The Bertz CT molecular complexity index is 919. The second-order valence-electron chi connectivity index (χ2n) is 7.13. The quantitative estimate of drug-likeness (QED) is 0.621. The van der Waals surface area contributed by atoms with Crippen molar-refractivity contribution in [2.24, 2.45) is 0 Å². The maximum atomic E-state index is 12.3. The highest BCUT2D eigenvalue weighted by molar-refractivity contribution is 5.80. The van der Waals surface area contributed by atoms with E-state index in [2.05, 4.69) is 20.2 Å². The van der Waals surface area contributed by atoms with E-state index in [0.717, 1.165) is 18.9 Å². The van der Waals surface area contributed by atoms with Crippen LogP contribution in [0, 0.1) is 6.92 Å². The van der Waals surface area contributed by atoms with Crippen LogP contribution < -0.4 is 29.2 Å². The molecule has 2 aromatic rings. The summed E-state index contributed by atoms with van der Waals surface area (Å²) in [6.45, 7) is 7.23. The summed E-state index contributed by atoms with van der Waals surface area (Å²) >= 11 is 0. The number of rotatable bonds is 8. The summed E-state index contributed by atoms with van der Waals surface area (Å²) in [5.74, 6) is 3.50. The number of hydrogen-bond acceptors (Lipinski definition) is 9. The summed E-state index contributed by atoms with van der Waals surface area (Å²) in [6.07, 6.45) is -0.672. The van der Waals surface area contributed by atoms with Gasteiger partial charge < -0.3 is 33.9 Å². The molecular weight excluding hydrogens is 404 g/mol. The van der Waals surface area contributed by atoms with Crippen LogP contribution in [0.4, 0.5) is 5.82 Å². The molecule has 1 unspecified atom stereocenters. The zero-order valence-corrected chi connectivity index (χ0v) is 17.6. The first-order valence-corrected chi connectivity index (χ1v) is 10.2. The van der Waals surface area contributed by atoms with Crippen LogP contribution in [0.2, 0.25) is 0 Å². The first kappa shape index (κ1) is 21.0. The van der Waals surface area contributed by atoms with E-state index in [0.29, 0.717) is 48.7 Å². The molecule has 1 atom stereocenters. The third-order valence-corrected chi connectivity index (χ3v) is 4.81. The van der Waals surface area contributed by atoms with Gasteiger partial charge in [-0.25, -0.2) is 4.98 Å². The van der Waals surface area contributed by atoms with Crippen molar-refractivity contribution >= 4 is 11.7 Å². The predicted molar refractivity (Wildman–Crippen MR) is 111 cm³/mol. The predicted octanol–water partition coefficient (Wildman–Crippen LogP) is 1.31. The van der Waals surface area contributed by atoms with E-state index < -0.39 is 6.10 Å². The van der Waals surface area contributed by atoms with Gasteiger partial charge in [-0.15, -0.1) is 0 Å². The van der Waals surface area contributed by atoms with Gasteiger partial charge in [0, 0.05) is 25.2 Å². The monoisotopic (exact) mass is 430 g/mol. The van der Waals surface area contributed by atoms with Gasteiger partial charge >= 0.3 is 0 Å². The molecule has 10 nitrogen and oxygen atoms in total. The van der Waals surface area contributed by atoms with E-state index in [-0.39, 0.29) is 19.3 Å². The molecule has 0 aliphatic carbocycles. The lowest BCUT2D eigenvalue weighted by Crippen LogP contribution is -2.38. The first-order valence-electron chi connectivity index (χ1n) is 10.2. The minimum absolute atomic E-state index is 0.189. The third kappa shape index (κ3) is 5.46. The number of aromatic nitrogens is 2. The van der Waals surface area contributed by atoms with Gasteiger partial charge in [-0.2, -0.15) is 4.98 Å². The summed E-state index contributed by atoms with van der Waals surface area (Å²) in [5, 5.41) is 2.80. The van der Waals surface area contributed by atoms with Crippen LogP contribution in [0.1, 0.15) is 12.7 Å². The molecule has 1 aromatic heterocycles. The van der Waals surface area contributed by atoms with Gasteiger partial charge in [-0.1, -0.05) is 0 Å². The molecule has 10 heteroatoms. The van der Waals surface area contributed by atoms with Crippen molar-refractivity contribution in [3.63, 3.8) is 0 Å². The van der Waals surface area contributed by atoms with Crippen molar-refractivity contribution in [1.29, 1.82) is 0 Å². The van der Waals surface area contributed by atoms with Crippen LogP contribution in [0.25, 0.3) is 0 Å². The molecule has 3 heterocycles. The molecule has 2 aliphatic heterocycles. The molecule has 4 rings (SSSR count). The molecule has 166 valence electrons. The van der Waals surface area contributed by atoms with Crippen LogP contribution >= 0.6 is 0 Å². The summed E-state index contributed by atoms with van der Waals surface area (Å²) in [6, 6.07) is 7.01. The van der Waals surface area contributed by atoms with Gasteiger partial charge in [0.15, 0.2) is 17.6 Å². The smallest absolute Gasteiger partial charge is 0.260 e. The lowest BCUT2D eigenvalue weighted by Gasteiger charge is -2.28. The molecule has 1 N–H and O–H groups in total. The van der Waals surface area contributed by atoms with E-state index in [1.807, 2.05) is 13.0 Å².